The zero-order valence-electron chi connectivity index (χ0n) is 10.3. The number of nitrogens with zero attached hydrogens (tertiary/aromatic N) is 1. The van der Waals surface area contributed by atoms with Crippen molar-refractivity contribution in [3.8, 4) is 0 Å². The highest BCUT2D eigenvalue weighted by atomic mass is 16.4. The molecule has 1 N–H and O–H groups in total. The maximum atomic E-state index is 11.8. The Hall–Kier alpha value is -1.32. The van der Waals surface area contributed by atoms with E-state index < -0.39 is 11.4 Å². The number of hydrogen-bond acceptors (Lipinski definition) is 2. The van der Waals surface area contributed by atoms with Crippen molar-refractivity contribution in [3.63, 3.8) is 0 Å². The molecule has 92 valence electrons. The van der Waals surface area contributed by atoms with Gasteiger partial charge < -0.3 is 10.0 Å². The van der Waals surface area contributed by atoms with E-state index in [0.717, 1.165) is 0 Å². The summed E-state index contributed by atoms with van der Waals surface area (Å²) < 4.78 is 0. The van der Waals surface area contributed by atoms with Gasteiger partial charge in [0.2, 0.25) is 5.91 Å². The number of likely N-dealkylation sites (N-methyl/N-ethyl adjacent to an activating group) is 1. The van der Waals surface area contributed by atoms with E-state index in [1.54, 1.807) is 27.0 Å². The van der Waals surface area contributed by atoms with Crippen molar-refractivity contribution >= 4 is 11.9 Å². The Labute approximate surface area is 96.9 Å². The van der Waals surface area contributed by atoms with Gasteiger partial charge in [0, 0.05) is 20.0 Å². The number of carboxylic acid groups (broad SMARTS) is 1. The van der Waals surface area contributed by atoms with Gasteiger partial charge in [-0.3, -0.25) is 9.59 Å². The largest absolute Gasteiger partial charge is 0.481 e. The number of carbonyl (C=O) groups is 2. The summed E-state index contributed by atoms with van der Waals surface area (Å²) in [5, 5.41) is 9.19. The Morgan fingerprint density at radius 3 is 2.19 bits per heavy atom. The summed E-state index contributed by atoms with van der Waals surface area (Å²) in [6.45, 7) is 7.60. The minimum atomic E-state index is -0.924. The predicted octanol–water partition coefficient (Wildman–Crippen LogP) is 1.91. The van der Waals surface area contributed by atoms with Gasteiger partial charge in [-0.05, 0) is 12.8 Å². The zero-order chi connectivity index (χ0) is 12.8. The molecule has 0 aliphatic carbocycles. The summed E-state index contributed by atoms with van der Waals surface area (Å²) in [6, 6.07) is 0. The van der Waals surface area contributed by atoms with Gasteiger partial charge in [0.15, 0.2) is 0 Å². The van der Waals surface area contributed by atoms with Gasteiger partial charge in [0.1, 0.15) is 0 Å². The first-order valence-electron chi connectivity index (χ1n) is 5.51. The maximum Gasteiger partial charge on any atom is 0.310 e. The van der Waals surface area contributed by atoms with Crippen molar-refractivity contribution in [1.82, 2.24) is 4.90 Å². The lowest BCUT2D eigenvalue weighted by molar-refractivity contribution is -0.154. The van der Waals surface area contributed by atoms with Crippen molar-refractivity contribution in [1.29, 1.82) is 0 Å². The van der Waals surface area contributed by atoms with E-state index in [4.69, 9.17) is 0 Å². The zero-order valence-corrected chi connectivity index (χ0v) is 10.3. The van der Waals surface area contributed by atoms with Crippen LogP contribution in [-0.2, 0) is 9.59 Å². The highest BCUT2D eigenvalue weighted by Crippen LogP contribution is 2.31. The van der Waals surface area contributed by atoms with Crippen LogP contribution in [0.15, 0.2) is 12.7 Å². The highest BCUT2D eigenvalue weighted by Gasteiger charge is 2.37. The summed E-state index contributed by atoms with van der Waals surface area (Å²) in [4.78, 5) is 24.5. The number of rotatable bonds is 7. The second-order valence-electron chi connectivity index (χ2n) is 4.03. The van der Waals surface area contributed by atoms with Gasteiger partial charge in [-0.2, -0.15) is 0 Å². The molecule has 4 nitrogen and oxygen atoms in total. The van der Waals surface area contributed by atoms with Crippen LogP contribution in [0.1, 0.15) is 33.1 Å². The molecule has 4 heteroatoms. The second-order valence-corrected chi connectivity index (χ2v) is 4.03. The average molecular weight is 227 g/mol. The summed E-state index contributed by atoms with van der Waals surface area (Å²) >= 11 is 0. The molecular formula is C12H21NO3. The Morgan fingerprint density at radius 2 is 1.88 bits per heavy atom. The van der Waals surface area contributed by atoms with Gasteiger partial charge in [-0.15, -0.1) is 6.58 Å². The van der Waals surface area contributed by atoms with Crippen LogP contribution in [0, 0.1) is 5.41 Å². The van der Waals surface area contributed by atoms with E-state index >= 15 is 0 Å². The van der Waals surface area contributed by atoms with Crippen LogP contribution in [0.3, 0.4) is 0 Å². The normalized spacial score (nSPS) is 10.9. The Bertz CT molecular complexity index is 269. The van der Waals surface area contributed by atoms with Crippen molar-refractivity contribution in [2.75, 3.05) is 13.6 Å². The first kappa shape index (κ1) is 14.7. The molecule has 0 fully saturated rings. The quantitative estimate of drug-likeness (QED) is 0.676. The Kier molecular flexibility index (Phi) is 5.78. The SMILES string of the molecule is C=CCN(C)C(=O)CC(CC)(CC)C(=O)O. The van der Waals surface area contributed by atoms with Crippen LogP contribution >= 0.6 is 0 Å². The lowest BCUT2D eigenvalue weighted by Gasteiger charge is -2.28. The fourth-order valence-electron chi connectivity index (χ4n) is 1.60. The highest BCUT2D eigenvalue weighted by molar-refractivity contribution is 5.84. The molecule has 0 aromatic carbocycles. The number of carbonyl (C=O) groups excluding carboxylic acids is 1. The summed E-state index contributed by atoms with van der Waals surface area (Å²) in [6.07, 6.45) is 2.61. The third kappa shape index (κ3) is 3.36. The van der Waals surface area contributed by atoms with Crippen LogP contribution in [0.2, 0.25) is 0 Å². The molecule has 0 bridgehead atoms. The third-order valence-electron chi connectivity index (χ3n) is 3.13. The molecule has 0 aliphatic rings. The van der Waals surface area contributed by atoms with Crippen LogP contribution in [0.5, 0.6) is 0 Å². The van der Waals surface area contributed by atoms with Crippen molar-refractivity contribution in [3.05, 3.63) is 12.7 Å². The standard InChI is InChI=1S/C12H21NO3/c1-5-8-13(4)10(14)9-12(6-2,7-3)11(15)16/h5H,1,6-9H2,2-4H3,(H,15,16). The Morgan fingerprint density at radius 1 is 1.38 bits per heavy atom. The summed E-state index contributed by atoms with van der Waals surface area (Å²) in [5.41, 5.74) is -0.924. The second kappa shape index (κ2) is 6.30. The van der Waals surface area contributed by atoms with Gasteiger partial charge in [0.25, 0.3) is 0 Å². The lowest BCUT2D eigenvalue weighted by Crippen LogP contribution is -2.37. The van der Waals surface area contributed by atoms with Gasteiger partial charge in [-0.25, -0.2) is 0 Å². The first-order chi connectivity index (χ1) is 7.43. The van der Waals surface area contributed by atoms with Crippen molar-refractivity contribution < 1.29 is 14.7 Å². The van der Waals surface area contributed by atoms with E-state index in [0.29, 0.717) is 19.4 Å². The lowest BCUT2D eigenvalue weighted by atomic mass is 9.79. The van der Waals surface area contributed by atoms with E-state index in [1.807, 2.05) is 0 Å². The molecule has 0 heterocycles. The fourth-order valence-corrected chi connectivity index (χ4v) is 1.60. The molecule has 16 heavy (non-hydrogen) atoms. The van der Waals surface area contributed by atoms with E-state index in [-0.39, 0.29) is 12.3 Å². The third-order valence-corrected chi connectivity index (χ3v) is 3.13. The van der Waals surface area contributed by atoms with E-state index in [1.165, 1.54) is 4.90 Å². The summed E-state index contributed by atoms with van der Waals surface area (Å²) in [5.74, 6) is -1.04. The molecular weight excluding hydrogens is 206 g/mol. The molecule has 0 radical (unpaired) electrons. The molecule has 0 aliphatic heterocycles. The molecule has 0 saturated heterocycles. The maximum absolute atomic E-state index is 11.8. The average Bonchev–Trinajstić information content (AvgIpc) is 2.25. The Balaban J connectivity index is 4.70. The van der Waals surface area contributed by atoms with Crippen LogP contribution in [0.25, 0.3) is 0 Å². The van der Waals surface area contributed by atoms with Gasteiger partial charge in [0.05, 0.1) is 5.41 Å². The smallest absolute Gasteiger partial charge is 0.310 e. The molecule has 0 saturated carbocycles. The number of hydrogen-bond donors (Lipinski definition) is 1. The minimum absolute atomic E-state index is 0.0552. The molecule has 0 aromatic heterocycles. The van der Waals surface area contributed by atoms with Crippen LogP contribution in [0.4, 0.5) is 0 Å². The molecule has 0 atom stereocenters. The van der Waals surface area contributed by atoms with E-state index in [2.05, 4.69) is 6.58 Å². The molecule has 0 aromatic rings. The summed E-state index contributed by atoms with van der Waals surface area (Å²) in [7, 11) is 1.65. The van der Waals surface area contributed by atoms with Gasteiger partial charge in [-0.1, -0.05) is 19.9 Å². The monoisotopic (exact) mass is 227 g/mol. The minimum Gasteiger partial charge on any atom is -0.481 e. The predicted molar refractivity (Wildman–Crippen MR) is 63.1 cm³/mol. The van der Waals surface area contributed by atoms with Crippen molar-refractivity contribution in [2.45, 2.75) is 33.1 Å². The fraction of sp³-hybridized carbons (Fsp3) is 0.667. The van der Waals surface area contributed by atoms with Gasteiger partial charge >= 0.3 is 5.97 Å². The number of aliphatic carboxylic acids is 1. The molecule has 0 spiro atoms. The van der Waals surface area contributed by atoms with Crippen molar-refractivity contribution in [2.24, 2.45) is 5.41 Å². The topological polar surface area (TPSA) is 57.6 Å². The van der Waals surface area contributed by atoms with Crippen LogP contribution in [-0.4, -0.2) is 35.5 Å². The van der Waals surface area contributed by atoms with E-state index in [9.17, 15) is 14.7 Å². The molecule has 0 rings (SSSR count). The number of amides is 1. The molecule has 1 amide bonds. The first-order valence-corrected chi connectivity index (χ1v) is 5.51. The molecule has 0 unspecified atom stereocenters. The number of carboxylic acids is 1. The van der Waals surface area contributed by atoms with Crippen LogP contribution < -0.4 is 0 Å².